The molecule has 0 aromatic heterocycles. The van der Waals surface area contributed by atoms with Crippen LogP contribution in [0.25, 0.3) is 0 Å². The summed E-state index contributed by atoms with van der Waals surface area (Å²) in [5.41, 5.74) is -0.0502. The predicted molar refractivity (Wildman–Crippen MR) is 126 cm³/mol. The minimum absolute atomic E-state index is 0.144. The van der Waals surface area contributed by atoms with E-state index >= 15 is 0 Å². The lowest BCUT2D eigenvalue weighted by atomic mass is 10.0. The van der Waals surface area contributed by atoms with Gasteiger partial charge < -0.3 is 15.5 Å². The first-order valence-electron chi connectivity index (χ1n) is 9.29. The van der Waals surface area contributed by atoms with E-state index < -0.39 is 23.4 Å². The van der Waals surface area contributed by atoms with Crippen LogP contribution in [0.1, 0.15) is 41.4 Å². The Morgan fingerprint density at radius 2 is 1.45 bits per heavy atom. The third-order valence-electron chi connectivity index (χ3n) is 4.46. The van der Waals surface area contributed by atoms with Gasteiger partial charge in [-0.25, -0.2) is 9.59 Å². The van der Waals surface area contributed by atoms with Crippen molar-refractivity contribution in [2.45, 2.75) is 4.90 Å². The van der Waals surface area contributed by atoms with E-state index in [2.05, 4.69) is 5.32 Å². The van der Waals surface area contributed by atoms with Crippen LogP contribution in [0, 0.1) is 0 Å². The molecule has 3 rings (SSSR count). The summed E-state index contributed by atoms with van der Waals surface area (Å²) in [5.74, 6) is -3.43. The van der Waals surface area contributed by atoms with Crippen molar-refractivity contribution in [1.29, 1.82) is 0 Å². The molecule has 1 amide bonds. The maximum absolute atomic E-state index is 12.5. The summed E-state index contributed by atoms with van der Waals surface area (Å²) in [5, 5.41) is 21.6. The highest BCUT2D eigenvalue weighted by molar-refractivity contribution is 8.00. The molecule has 0 aliphatic heterocycles. The number of carbonyl (C=O) groups is 4. The first kappa shape index (κ1) is 24.3. The summed E-state index contributed by atoms with van der Waals surface area (Å²) in [7, 11) is 0. The van der Waals surface area contributed by atoms with Crippen molar-refractivity contribution < 1.29 is 29.4 Å². The number of carboxylic acid groups (broad SMARTS) is 2. The highest BCUT2D eigenvalue weighted by Crippen LogP contribution is 2.26. The molecule has 3 N–H and O–H groups in total. The van der Waals surface area contributed by atoms with E-state index in [1.54, 1.807) is 36.4 Å². The molecular weight excluding hydrogens is 489 g/mol. The van der Waals surface area contributed by atoms with E-state index in [4.69, 9.17) is 28.3 Å². The number of ketones is 1. The maximum Gasteiger partial charge on any atom is 0.336 e. The first-order chi connectivity index (χ1) is 15.7. The zero-order valence-electron chi connectivity index (χ0n) is 16.7. The van der Waals surface area contributed by atoms with Crippen molar-refractivity contribution in [1.82, 2.24) is 0 Å². The van der Waals surface area contributed by atoms with E-state index in [1.807, 2.05) is 0 Å². The Hall–Kier alpha value is -3.33. The number of hydrogen-bond donors (Lipinski definition) is 3. The summed E-state index contributed by atoms with van der Waals surface area (Å²) >= 11 is 13.2. The summed E-state index contributed by atoms with van der Waals surface area (Å²) in [6, 6.07) is 14.5. The van der Waals surface area contributed by atoms with Gasteiger partial charge in [0.25, 0.3) is 5.91 Å². The molecule has 168 valence electrons. The number of amides is 1. The van der Waals surface area contributed by atoms with Gasteiger partial charge in [0.15, 0.2) is 5.78 Å². The molecule has 0 unspecified atom stereocenters. The minimum atomic E-state index is -1.42. The Labute approximate surface area is 202 Å². The van der Waals surface area contributed by atoms with Crippen LogP contribution in [-0.4, -0.2) is 39.6 Å². The predicted octanol–water partition coefficient (Wildman–Crippen LogP) is 5.62. The number of carboxylic acids is 2. The molecule has 0 fully saturated rings. The minimum Gasteiger partial charge on any atom is -0.478 e. The monoisotopic (exact) mass is 503 g/mol. The Bertz CT molecular complexity index is 1260. The fourth-order valence-electron chi connectivity index (χ4n) is 2.83. The van der Waals surface area contributed by atoms with Gasteiger partial charge in [-0.15, -0.1) is 11.8 Å². The number of rotatable bonds is 8. The Morgan fingerprint density at radius 1 is 0.788 bits per heavy atom. The van der Waals surface area contributed by atoms with E-state index in [0.29, 0.717) is 16.3 Å². The van der Waals surface area contributed by atoms with Crippen LogP contribution >= 0.6 is 35.0 Å². The van der Waals surface area contributed by atoms with Crippen molar-refractivity contribution in [3.05, 3.63) is 93.0 Å². The van der Waals surface area contributed by atoms with Crippen LogP contribution in [0.4, 0.5) is 5.69 Å². The second-order valence-corrected chi connectivity index (χ2v) is 8.58. The average Bonchev–Trinajstić information content (AvgIpc) is 2.77. The number of carbonyl (C=O) groups excluding carboxylic acids is 2. The molecule has 0 saturated heterocycles. The fourth-order valence-corrected chi connectivity index (χ4v) is 4.12. The highest BCUT2D eigenvalue weighted by atomic mass is 35.5. The summed E-state index contributed by atoms with van der Waals surface area (Å²) in [6.07, 6.45) is 0. The van der Waals surface area contributed by atoms with Crippen LogP contribution in [0.3, 0.4) is 0 Å². The van der Waals surface area contributed by atoms with Gasteiger partial charge in [-0.1, -0.05) is 23.2 Å². The van der Waals surface area contributed by atoms with Gasteiger partial charge in [-0.2, -0.15) is 0 Å². The van der Waals surface area contributed by atoms with Crippen LogP contribution in [0.5, 0.6) is 0 Å². The van der Waals surface area contributed by atoms with Gasteiger partial charge in [-0.3, -0.25) is 9.59 Å². The largest absolute Gasteiger partial charge is 0.478 e. The van der Waals surface area contributed by atoms with Crippen LogP contribution in [-0.2, 0) is 0 Å². The van der Waals surface area contributed by atoms with Gasteiger partial charge in [0.05, 0.1) is 27.5 Å². The molecule has 0 aliphatic carbocycles. The lowest BCUT2D eigenvalue weighted by Gasteiger charge is -2.09. The summed E-state index contributed by atoms with van der Waals surface area (Å²) in [4.78, 5) is 48.2. The lowest BCUT2D eigenvalue weighted by Crippen LogP contribution is -2.17. The van der Waals surface area contributed by atoms with Gasteiger partial charge in [0.2, 0.25) is 0 Å². The quantitative estimate of drug-likeness (QED) is 0.269. The molecule has 10 heteroatoms. The lowest BCUT2D eigenvalue weighted by molar-refractivity contribution is 0.0692. The number of aromatic carboxylic acids is 2. The second kappa shape index (κ2) is 10.5. The molecule has 0 spiro atoms. The smallest absolute Gasteiger partial charge is 0.336 e. The number of thioether (sulfide) groups is 1. The molecule has 0 radical (unpaired) electrons. The van der Waals surface area contributed by atoms with Gasteiger partial charge >= 0.3 is 11.9 Å². The normalized spacial score (nSPS) is 10.5. The van der Waals surface area contributed by atoms with Crippen LogP contribution in [0.15, 0.2) is 65.6 Å². The SMILES string of the molecule is O=C(O)c1ccc(C(=O)Nc2ccc(SCC(=O)c3ccc(Cl)cc3Cl)cc2)c(C(=O)O)c1. The zero-order valence-corrected chi connectivity index (χ0v) is 19.0. The molecular formula is C23H15Cl2NO6S. The molecule has 7 nitrogen and oxygen atoms in total. The van der Waals surface area contributed by atoms with Crippen LogP contribution in [0.2, 0.25) is 10.0 Å². The number of anilines is 1. The molecule has 33 heavy (non-hydrogen) atoms. The summed E-state index contributed by atoms with van der Waals surface area (Å²) in [6.45, 7) is 0. The van der Waals surface area contributed by atoms with Gasteiger partial charge in [0.1, 0.15) is 0 Å². The molecule has 0 bridgehead atoms. The molecule has 0 saturated carbocycles. The van der Waals surface area contributed by atoms with Gasteiger partial charge in [0, 0.05) is 21.2 Å². The molecule has 0 atom stereocenters. The number of Topliss-reactive ketones (excluding diaryl/α,β-unsaturated/α-hetero) is 1. The van der Waals surface area contributed by atoms with Crippen molar-refractivity contribution >= 4 is 64.3 Å². The maximum atomic E-state index is 12.5. The van der Waals surface area contributed by atoms with Crippen molar-refractivity contribution in [3.63, 3.8) is 0 Å². The number of benzene rings is 3. The fraction of sp³-hybridized carbons (Fsp3) is 0.0435. The third-order valence-corrected chi connectivity index (χ3v) is 6.02. The topological polar surface area (TPSA) is 121 Å². The first-order valence-corrected chi connectivity index (χ1v) is 11.0. The zero-order chi connectivity index (χ0) is 24.1. The standard InChI is InChI=1S/C23H15Cl2NO6S/c24-13-2-8-17(19(25)10-13)20(27)11-33-15-5-3-14(4-6-15)26-21(28)16-7-1-12(22(29)30)9-18(16)23(31)32/h1-10H,11H2,(H,26,28)(H,29,30)(H,31,32). The van der Waals surface area contributed by atoms with Crippen molar-refractivity contribution in [3.8, 4) is 0 Å². The van der Waals surface area contributed by atoms with Crippen molar-refractivity contribution in [2.24, 2.45) is 0 Å². The second-order valence-electron chi connectivity index (χ2n) is 6.69. The Kier molecular flexibility index (Phi) is 7.75. The van der Waals surface area contributed by atoms with Gasteiger partial charge in [-0.05, 0) is 60.7 Å². The highest BCUT2D eigenvalue weighted by Gasteiger charge is 2.19. The molecule has 0 heterocycles. The number of hydrogen-bond acceptors (Lipinski definition) is 5. The Balaban J connectivity index is 1.66. The third kappa shape index (κ3) is 6.13. The Morgan fingerprint density at radius 3 is 2.06 bits per heavy atom. The summed E-state index contributed by atoms with van der Waals surface area (Å²) < 4.78 is 0. The van der Waals surface area contributed by atoms with E-state index in [9.17, 15) is 24.3 Å². The van der Waals surface area contributed by atoms with E-state index in [-0.39, 0.29) is 27.7 Å². The van der Waals surface area contributed by atoms with E-state index in [1.165, 1.54) is 17.8 Å². The average molecular weight is 504 g/mol. The van der Waals surface area contributed by atoms with Crippen molar-refractivity contribution in [2.75, 3.05) is 11.1 Å². The number of nitrogens with one attached hydrogen (secondary N) is 1. The van der Waals surface area contributed by atoms with Crippen LogP contribution < -0.4 is 5.32 Å². The molecule has 0 aliphatic rings. The molecule has 3 aromatic carbocycles. The van der Waals surface area contributed by atoms with E-state index in [0.717, 1.165) is 23.1 Å². The molecule has 3 aromatic rings. The number of halogens is 2.